The number of ketones is 1. The minimum absolute atomic E-state index is 0.0209. The number of hydrogen-bond donors (Lipinski definition) is 2. The molecule has 0 aliphatic heterocycles. The number of hydrogen-bond acceptors (Lipinski definition) is 4. The van der Waals surface area contributed by atoms with Crippen LogP contribution >= 0.6 is 0 Å². The van der Waals surface area contributed by atoms with E-state index >= 15 is 0 Å². The van der Waals surface area contributed by atoms with Crippen molar-refractivity contribution in [3.63, 3.8) is 0 Å². The molecule has 29 heavy (non-hydrogen) atoms. The van der Waals surface area contributed by atoms with Crippen LogP contribution < -0.4 is 5.32 Å². The molecule has 0 amide bonds. The molecule has 2 N–H and O–H groups in total. The summed E-state index contributed by atoms with van der Waals surface area (Å²) >= 11 is 0. The molecular formula is C25H22N2O2. The highest BCUT2D eigenvalue weighted by Gasteiger charge is 2.11. The molecule has 0 aliphatic rings. The first-order valence-corrected chi connectivity index (χ1v) is 9.59. The van der Waals surface area contributed by atoms with Crippen LogP contribution in [0.4, 0.5) is 0 Å². The summed E-state index contributed by atoms with van der Waals surface area (Å²) in [6, 6.07) is 24.9. The molecule has 0 fully saturated rings. The molecule has 0 spiro atoms. The van der Waals surface area contributed by atoms with Crippen LogP contribution in [-0.4, -0.2) is 22.4 Å². The van der Waals surface area contributed by atoms with E-state index in [1.54, 1.807) is 0 Å². The Morgan fingerprint density at radius 3 is 2.45 bits per heavy atom. The van der Waals surface area contributed by atoms with Gasteiger partial charge in [0, 0.05) is 23.6 Å². The van der Waals surface area contributed by atoms with E-state index in [0.29, 0.717) is 6.54 Å². The topological polar surface area (TPSA) is 62.2 Å². The van der Waals surface area contributed by atoms with Crippen molar-refractivity contribution in [3.05, 3.63) is 90.3 Å². The highest BCUT2D eigenvalue weighted by atomic mass is 16.3. The lowest BCUT2D eigenvalue weighted by molar-refractivity contribution is -0.112. The van der Waals surface area contributed by atoms with E-state index < -0.39 is 0 Å². The lowest BCUT2D eigenvalue weighted by Gasteiger charge is -2.12. The fourth-order valence-corrected chi connectivity index (χ4v) is 3.59. The number of rotatable bonds is 6. The van der Waals surface area contributed by atoms with Crippen LogP contribution in [0.2, 0.25) is 0 Å². The number of nitrogens with one attached hydrogen (secondary N) is 1. The van der Waals surface area contributed by atoms with Crippen LogP contribution in [0, 0.1) is 0 Å². The van der Waals surface area contributed by atoms with Crippen molar-refractivity contribution in [1.82, 2.24) is 10.3 Å². The largest absolute Gasteiger partial charge is 0.511 e. The Kier molecular flexibility index (Phi) is 5.36. The lowest BCUT2D eigenvalue weighted by Crippen LogP contribution is -2.18. The monoisotopic (exact) mass is 382 g/mol. The molecule has 4 nitrogen and oxygen atoms in total. The second kappa shape index (κ2) is 8.25. The molecule has 4 heteroatoms. The maximum atomic E-state index is 11.1. The molecule has 0 saturated heterocycles. The molecule has 144 valence electrons. The zero-order chi connectivity index (χ0) is 20.2. The minimum atomic E-state index is -0.175. The Bertz CT molecular complexity index is 1220. The number of fused-ring (bicyclic) bond motifs is 2. The average molecular weight is 382 g/mol. The van der Waals surface area contributed by atoms with E-state index in [0.717, 1.165) is 27.7 Å². The second-order valence-electron chi connectivity index (χ2n) is 7.06. The van der Waals surface area contributed by atoms with E-state index in [2.05, 4.69) is 53.8 Å². The van der Waals surface area contributed by atoms with Crippen LogP contribution in [0.25, 0.3) is 32.8 Å². The van der Waals surface area contributed by atoms with Crippen LogP contribution in [0.3, 0.4) is 0 Å². The Morgan fingerprint density at radius 1 is 0.966 bits per heavy atom. The predicted octanol–water partition coefficient (Wildman–Crippen LogP) is 5.18. The molecule has 0 unspecified atom stereocenters. The van der Waals surface area contributed by atoms with Gasteiger partial charge in [-0.15, -0.1) is 0 Å². The van der Waals surface area contributed by atoms with E-state index in [-0.39, 0.29) is 18.1 Å². The first-order valence-electron chi connectivity index (χ1n) is 9.59. The third-order valence-electron chi connectivity index (χ3n) is 4.82. The number of nitrogens with zero attached hydrogens (tertiary/aromatic N) is 1. The fourth-order valence-electron chi connectivity index (χ4n) is 3.59. The van der Waals surface area contributed by atoms with E-state index in [1.165, 1.54) is 23.8 Å². The Balaban J connectivity index is 1.75. The smallest absolute Gasteiger partial charge is 0.155 e. The van der Waals surface area contributed by atoms with Crippen molar-refractivity contribution in [3.8, 4) is 11.3 Å². The molecule has 0 radical (unpaired) electrons. The van der Waals surface area contributed by atoms with Crippen molar-refractivity contribution in [2.45, 2.75) is 13.5 Å². The molecule has 1 aromatic heterocycles. The predicted molar refractivity (Wildman–Crippen MR) is 118 cm³/mol. The summed E-state index contributed by atoms with van der Waals surface area (Å²) in [5, 5.41) is 17.5. The normalized spacial score (nSPS) is 11.8. The average Bonchev–Trinajstić information content (AvgIpc) is 2.72. The number of benzene rings is 3. The SMILES string of the molecule is CC(=O)/C=C(\O)CNCc1cc2ccccc2c(-c2cccc3ccccc23)n1. The zero-order valence-electron chi connectivity index (χ0n) is 16.2. The van der Waals surface area contributed by atoms with Crippen molar-refractivity contribution in [1.29, 1.82) is 0 Å². The maximum Gasteiger partial charge on any atom is 0.155 e. The summed E-state index contributed by atoms with van der Waals surface area (Å²) in [7, 11) is 0. The van der Waals surface area contributed by atoms with Crippen molar-refractivity contribution < 1.29 is 9.90 Å². The van der Waals surface area contributed by atoms with Gasteiger partial charge in [-0.05, 0) is 29.1 Å². The van der Waals surface area contributed by atoms with Crippen LogP contribution in [0.15, 0.2) is 84.6 Å². The summed E-state index contributed by atoms with van der Waals surface area (Å²) in [4.78, 5) is 16.0. The number of aromatic nitrogens is 1. The highest BCUT2D eigenvalue weighted by molar-refractivity contribution is 6.03. The van der Waals surface area contributed by atoms with Crippen LogP contribution in [0.1, 0.15) is 12.6 Å². The molecule has 0 saturated carbocycles. The Morgan fingerprint density at radius 2 is 1.66 bits per heavy atom. The first-order chi connectivity index (χ1) is 14.1. The zero-order valence-corrected chi connectivity index (χ0v) is 16.2. The second-order valence-corrected chi connectivity index (χ2v) is 7.06. The molecule has 1 heterocycles. The number of aliphatic hydroxyl groups is 1. The van der Waals surface area contributed by atoms with Gasteiger partial charge in [-0.1, -0.05) is 66.7 Å². The Labute approximate surface area is 169 Å². The molecule has 0 aliphatic carbocycles. The lowest BCUT2D eigenvalue weighted by atomic mass is 9.97. The first kappa shape index (κ1) is 18.8. The Hall–Kier alpha value is -3.50. The van der Waals surface area contributed by atoms with Crippen molar-refractivity contribution in [2.24, 2.45) is 0 Å². The van der Waals surface area contributed by atoms with Gasteiger partial charge in [0.25, 0.3) is 0 Å². The van der Waals surface area contributed by atoms with Crippen molar-refractivity contribution >= 4 is 27.3 Å². The molecule has 4 rings (SSSR count). The molecule has 3 aromatic carbocycles. The molecule has 0 atom stereocenters. The van der Waals surface area contributed by atoms with Gasteiger partial charge in [-0.3, -0.25) is 9.78 Å². The van der Waals surface area contributed by atoms with Gasteiger partial charge in [0.05, 0.1) is 17.9 Å². The summed E-state index contributed by atoms with van der Waals surface area (Å²) in [6.45, 7) is 2.12. The molecule has 4 aromatic rings. The van der Waals surface area contributed by atoms with E-state index in [4.69, 9.17) is 4.98 Å². The summed E-state index contributed by atoms with van der Waals surface area (Å²) in [6.07, 6.45) is 1.22. The van der Waals surface area contributed by atoms with Gasteiger partial charge < -0.3 is 10.4 Å². The standard InChI is InChI=1S/C25H22N2O2/c1-17(28)13-21(29)16-26-15-20-14-19-8-3-5-11-23(19)25(27-20)24-12-6-9-18-7-2-4-10-22(18)24/h2-14,26,29H,15-16H2,1H3/b21-13-. The third-order valence-corrected chi connectivity index (χ3v) is 4.82. The highest BCUT2D eigenvalue weighted by Crippen LogP contribution is 2.32. The summed E-state index contributed by atoms with van der Waals surface area (Å²) in [5.74, 6) is -0.154. The number of allylic oxidation sites excluding steroid dienone is 1. The third kappa shape index (κ3) is 4.18. The van der Waals surface area contributed by atoms with Gasteiger partial charge >= 0.3 is 0 Å². The van der Waals surface area contributed by atoms with Gasteiger partial charge in [0.15, 0.2) is 5.78 Å². The van der Waals surface area contributed by atoms with Gasteiger partial charge in [-0.25, -0.2) is 0 Å². The quantitative estimate of drug-likeness (QED) is 0.356. The number of carbonyl (C=O) groups is 1. The van der Waals surface area contributed by atoms with Gasteiger partial charge in [0.2, 0.25) is 0 Å². The molecular weight excluding hydrogens is 360 g/mol. The number of carbonyl (C=O) groups excluding carboxylic acids is 1. The van der Waals surface area contributed by atoms with E-state index in [9.17, 15) is 9.90 Å². The van der Waals surface area contributed by atoms with E-state index in [1.807, 2.05) is 24.3 Å². The minimum Gasteiger partial charge on any atom is -0.511 e. The molecule has 0 bridgehead atoms. The number of aliphatic hydroxyl groups excluding tert-OH is 1. The maximum absolute atomic E-state index is 11.1. The summed E-state index contributed by atoms with van der Waals surface area (Å²) in [5.41, 5.74) is 2.92. The van der Waals surface area contributed by atoms with Crippen molar-refractivity contribution in [2.75, 3.05) is 6.54 Å². The van der Waals surface area contributed by atoms with Gasteiger partial charge in [-0.2, -0.15) is 0 Å². The fraction of sp³-hybridized carbons (Fsp3) is 0.120. The number of pyridine rings is 1. The van der Waals surface area contributed by atoms with Crippen LogP contribution in [0.5, 0.6) is 0 Å². The van der Waals surface area contributed by atoms with Crippen LogP contribution in [-0.2, 0) is 11.3 Å². The summed E-state index contributed by atoms with van der Waals surface area (Å²) < 4.78 is 0. The van der Waals surface area contributed by atoms with Gasteiger partial charge in [0.1, 0.15) is 5.76 Å².